The van der Waals surface area contributed by atoms with Crippen LogP contribution in [0.5, 0.6) is 0 Å². The Bertz CT molecular complexity index is 92.5. The average molecular weight is 113 g/mol. The van der Waals surface area contributed by atoms with Gasteiger partial charge in [-0.2, -0.15) is 0 Å². The van der Waals surface area contributed by atoms with Gasteiger partial charge in [0.15, 0.2) is 0 Å². The lowest BCUT2D eigenvalue weighted by Crippen LogP contribution is -2.26. The van der Waals surface area contributed by atoms with Gasteiger partial charge in [-0.25, -0.2) is 0 Å². The van der Waals surface area contributed by atoms with Crippen molar-refractivity contribution in [3.63, 3.8) is 0 Å². The quantitative estimate of drug-likeness (QED) is 0.477. The first-order valence-electron chi connectivity index (χ1n) is 2.89. The van der Waals surface area contributed by atoms with Crippen LogP contribution in [-0.4, -0.2) is 17.4 Å². The zero-order chi connectivity index (χ0) is 5.98. The van der Waals surface area contributed by atoms with Crippen LogP contribution in [0, 0.1) is 0 Å². The fraction of sp³-hybridized carbons (Fsp3) is 0.667. The van der Waals surface area contributed by atoms with E-state index in [1.165, 1.54) is 0 Å². The Hall–Kier alpha value is -0.340. The SMILES string of the molecule is C=CC1CCC(O)N1. The molecule has 2 heteroatoms. The van der Waals surface area contributed by atoms with Crippen LogP contribution in [0.1, 0.15) is 12.8 Å². The van der Waals surface area contributed by atoms with Gasteiger partial charge in [0.2, 0.25) is 0 Å². The smallest absolute Gasteiger partial charge is 0.105 e. The Kier molecular flexibility index (Phi) is 1.65. The van der Waals surface area contributed by atoms with Gasteiger partial charge >= 0.3 is 0 Å². The van der Waals surface area contributed by atoms with Crippen molar-refractivity contribution in [2.75, 3.05) is 0 Å². The van der Waals surface area contributed by atoms with E-state index in [4.69, 9.17) is 5.11 Å². The summed E-state index contributed by atoms with van der Waals surface area (Å²) >= 11 is 0. The Morgan fingerprint density at radius 1 is 1.62 bits per heavy atom. The molecule has 0 aliphatic carbocycles. The first-order chi connectivity index (χ1) is 3.83. The summed E-state index contributed by atoms with van der Waals surface area (Å²) in [5.74, 6) is 0. The zero-order valence-corrected chi connectivity index (χ0v) is 4.80. The van der Waals surface area contributed by atoms with Crippen molar-refractivity contribution in [3.05, 3.63) is 12.7 Å². The van der Waals surface area contributed by atoms with Crippen LogP contribution in [0.3, 0.4) is 0 Å². The Morgan fingerprint density at radius 3 is 2.62 bits per heavy atom. The molecule has 46 valence electrons. The van der Waals surface area contributed by atoms with E-state index in [0.717, 1.165) is 12.8 Å². The summed E-state index contributed by atoms with van der Waals surface area (Å²) in [5, 5.41) is 11.8. The van der Waals surface area contributed by atoms with E-state index in [9.17, 15) is 0 Å². The molecule has 2 nitrogen and oxygen atoms in total. The van der Waals surface area contributed by atoms with E-state index >= 15 is 0 Å². The van der Waals surface area contributed by atoms with Gasteiger partial charge in [0.05, 0.1) is 0 Å². The number of aliphatic hydroxyl groups excluding tert-OH is 1. The van der Waals surface area contributed by atoms with Gasteiger partial charge in [-0.3, -0.25) is 5.32 Å². The molecule has 0 saturated carbocycles. The van der Waals surface area contributed by atoms with Crippen LogP contribution >= 0.6 is 0 Å². The summed E-state index contributed by atoms with van der Waals surface area (Å²) in [6, 6.07) is 0.338. The molecule has 1 rings (SSSR count). The van der Waals surface area contributed by atoms with Crippen molar-refractivity contribution in [2.45, 2.75) is 25.1 Å². The molecular weight excluding hydrogens is 102 g/mol. The van der Waals surface area contributed by atoms with Crippen molar-refractivity contribution in [3.8, 4) is 0 Å². The molecule has 2 unspecified atom stereocenters. The van der Waals surface area contributed by atoms with Gasteiger partial charge in [0.1, 0.15) is 6.23 Å². The minimum Gasteiger partial charge on any atom is -0.379 e. The molecule has 0 spiro atoms. The monoisotopic (exact) mass is 113 g/mol. The van der Waals surface area contributed by atoms with E-state index in [0.29, 0.717) is 6.04 Å². The molecule has 0 aromatic heterocycles. The van der Waals surface area contributed by atoms with Crippen LogP contribution in [0.4, 0.5) is 0 Å². The third-order valence-corrected chi connectivity index (χ3v) is 1.44. The fourth-order valence-corrected chi connectivity index (χ4v) is 0.937. The molecule has 0 radical (unpaired) electrons. The van der Waals surface area contributed by atoms with Crippen LogP contribution < -0.4 is 5.32 Å². The predicted octanol–water partition coefficient (Wildman–Crippen LogP) is 0.243. The van der Waals surface area contributed by atoms with Crippen LogP contribution in [0.2, 0.25) is 0 Å². The molecule has 0 bridgehead atoms. The van der Waals surface area contributed by atoms with Crippen molar-refractivity contribution in [1.82, 2.24) is 5.32 Å². The van der Waals surface area contributed by atoms with Crippen LogP contribution in [0.15, 0.2) is 12.7 Å². The Balaban J connectivity index is 2.32. The highest BCUT2D eigenvalue weighted by Crippen LogP contribution is 2.09. The molecule has 1 saturated heterocycles. The molecular formula is C6H11NO. The molecule has 8 heavy (non-hydrogen) atoms. The van der Waals surface area contributed by atoms with Crippen molar-refractivity contribution < 1.29 is 5.11 Å². The summed E-state index contributed by atoms with van der Waals surface area (Å²) in [5.41, 5.74) is 0. The van der Waals surface area contributed by atoms with Crippen LogP contribution in [0.25, 0.3) is 0 Å². The summed E-state index contributed by atoms with van der Waals surface area (Å²) in [6.07, 6.45) is 3.41. The standard InChI is InChI=1S/C6H11NO/c1-2-5-3-4-6(8)7-5/h2,5-8H,1,3-4H2. The third kappa shape index (κ3) is 1.08. The van der Waals surface area contributed by atoms with E-state index in [1.54, 1.807) is 0 Å². The number of aliphatic hydroxyl groups is 1. The molecule has 2 atom stereocenters. The third-order valence-electron chi connectivity index (χ3n) is 1.44. The second-order valence-electron chi connectivity index (χ2n) is 2.10. The first kappa shape index (κ1) is 5.79. The Labute approximate surface area is 49.2 Å². The fourth-order valence-electron chi connectivity index (χ4n) is 0.937. The van der Waals surface area contributed by atoms with Gasteiger partial charge in [-0.05, 0) is 12.8 Å². The molecule has 1 aliphatic heterocycles. The summed E-state index contributed by atoms with van der Waals surface area (Å²) in [7, 11) is 0. The van der Waals surface area contributed by atoms with Crippen molar-refractivity contribution in [1.29, 1.82) is 0 Å². The molecule has 0 aromatic carbocycles. The molecule has 2 N–H and O–H groups in total. The minimum absolute atomic E-state index is 0.294. The molecule has 1 aliphatic rings. The highest BCUT2D eigenvalue weighted by atomic mass is 16.3. The maximum atomic E-state index is 8.87. The zero-order valence-electron chi connectivity index (χ0n) is 4.80. The highest BCUT2D eigenvalue weighted by Gasteiger charge is 2.17. The topological polar surface area (TPSA) is 32.3 Å². The molecule has 1 fully saturated rings. The maximum absolute atomic E-state index is 8.87. The van der Waals surface area contributed by atoms with E-state index < -0.39 is 0 Å². The lowest BCUT2D eigenvalue weighted by Gasteiger charge is -2.02. The Morgan fingerprint density at radius 2 is 2.38 bits per heavy atom. The number of hydrogen-bond acceptors (Lipinski definition) is 2. The number of nitrogens with one attached hydrogen (secondary N) is 1. The predicted molar refractivity (Wildman–Crippen MR) is 32.4 cm³/mol. The summed E-state index contributed by atoms with van der Waals surface area (Å²) in [4.78, 5) is 0. The van der Waals surface area contributed by atoms with E-state index in [-0.39, 0.29) is 6.23 Å². The van der Waals surface area contributed by atoms with Gasteiger partial charge in [-0.15, -0.1) is 6.58 Å². The second kappa shape index (κ2) is 2.29. The van der Waals surface area contributed by atoms with Gasteiger partial charge < -0.3 is 5.11 Å². The largest absolute Gasteiger partial charge is 0.379 e. The second-order valence-corrected chi connectivity index (χ2v) is 2.10. The number of rotatable bonds is 1. The van der Waals surface area contributed by atoms with Crippen molar-refractivity contribution in [2.24, 2.45) is 0 Å². The van der Waals surface area contributed by atoms with Gasteiger partial charge in [0.25, 0.3) is 0 Å². The summed E-state index contributed by atoms with van der Waals surface area (Å²) in [6.45, 7) is 3.60. The lowest BCUT2D eigenvalue weighted by atomic mass is 10.2. The van der Waals surface area contributed by atoms with Gasteiger partial charge in [-0.1, -0.05) is 6.08 Å². The molecule has 1 heterocycles. The van der Waals surface area contributed by atoms with E-state index in [2.05, 4.69) is 11.9 Å². The maximum Gasteiger partial charge on any atom is 0.105 e. The van der Waals surface area contributed by atoms with E-state index in [1.807, 2.05) is 6.08 Å². The minimum atomic E-state index is -0.294. The van der Waals surface area contributed by atoms with Gasteiger partial charge in [0, 0.05) is 6.04 Å². The lowest BCUT2D eigenvalue weighted by molar-refractivity contribution is 0.157. The normalized spacial score (nSPS) is 37.6. The highest BCUT2D eigenvalue weighted by molar-refractivity contribution is 4.90. The first-order valence-corrected chi connectivity index (χ1v) is 2.89. The summed E-state index contributed by atoms with van der Waals surface area (Å²) < 4.78 is 0. The van der Waals surface area contributed by atoms with Crippen molar-refractivity contribution >= 4 is 0 Å². The number of hydrogen-bond donors (Lipinski definition) is 2. The average Bonchev–Trinajstić information content (AvgIpc) is 2.14. The molecule has 0 amide bonds. The van der Waals surface area contributed by atoms with Crippen LogP contribution in [-0.2, 0) is 0 Å². The molecule has 0 aromatic rings.